The normalized spacial score (nSPS) is 13.0. The van der Waals surface area contributed by atoms with Gasteiger partial charge in [0, 0.05) is 16.7 Å². The molecule has 2 heterocycles. The molecule has 0 radical (unpaired) electrons. The van der Waals surface area contributed by atoms with Gasteiger partial charge in [0.2, 0.25) is 6.79 Å². The van der Waals surface area contributed by atoms with Crippen LogP contribution in [0.15, 0.2) is 53.6 Å². The molecule has 4 rings (SSSR count). The number of hydrogen-bond acceptors (Lipinski definition) is 3. The Labute approximate surface area is 120 Å². The fraction of sp³-hybridized carbons (Fsp3) is 0.125. The van der Waals surface area contributed by atoms with Crippen molar-refractivity contribution in [1.82, 2.24) is 4.98 Å². The first-order valence-electron chi connectivity index (χ1n) is 6.47. The Bertz CT molecular complexity index is 733. The number of nitrogens with one attached hydrogen (secondary N) is 1. The number of thioether (sulfide) groups is 1. The summed E-state index contributed by atoms with van der Waals surface area (Å²) in [5.74, 6) is 2.59. The number of rotatable bonds is 3. The van der Waals surface area contributed by atoms with Gasteiger partial charge in [-0.05, 0) is 29.8 Å². The third kappa shape index (κ3) is 2.12. The van der Waals surface area contributed by atoms with Gasteiger partial charge in [0.25, 0.3) is 0 Å². The van der Waals surface area contributed by atoms with Crippen molar-refractivity contribution in [3.63, 3.8) is 0 Å². The average Bonchev–Trinajstić information content (AvgIpc) is 3.10. The number of aromatic nitrogens is 1. The first-order valence-corrected chi connectivity index (χ1v) is 7.46. The van der Waals surface area contributed by atoms with E-state index in [9.17, 15) is 0 Å². The van der Waals surface area contributed by atoms with Crippen molar-refractivity contribution in [2.75, 3.05) is 6.79 Å². The largest absolute Gasteiger partial charge is 0.454 e. The van der Waals surface area contributed by atoms with Gasteiger partial charge in [-0.15, -0.1) is 11.8 Å². The molecule has 0 unspecified atom stereocenters. The Morgan fingerprint density at radius 3 is 2.85 bits per heavy atom. The molecule has 0 saturated carbocycles. The van der Waals surface area contributed by atoms with Crippen LogP contribution < -0.4 is 9.47 Å². The fourth-order valence-electron chi connectivity index (χ4n) is 2.32. The molecule has 1 aliphatic heterocycles. The van der Waals surface area contributed by atoms with E-state index in [2.05, 4.69) is 41.4 Å². The zero-order chi connectivity index (χ0) is 13.4. The molecule has 0 atom stereocenters. The molecule has 0 fully saturated rings. The van der Waals surface area contributed by atoms with E-state index in [1.54, 1.807) is 11.8 Å². The summed E-state index contributed by atoms with van der Waals surface area (Å²) in [4.78, 5) is 3.43. The zero-order valence-corrected chi connectivity index (χ0v) is 11.6. The maximum Gasteiger partial charge on any atom is 0.231 e. The SMILES string of the molecule is c1ccc2[nH]c(SCc3ccc4c(c3)OCO4)cc2c1. The van der Waals surface area contributed by atoms with Crippen LogP contribution in [0.4, 0.5) is 0 Å². The predicted octanol–water partition coefficient (Wildman–Crippen LogP) is 4.19. The van der Waals surface area contributed by atoms with E-state index in [4.69, 9.17) is 9.47 Å². The average molecular weight is 283 g/mol. The summed E-state index contributed by atoms with van der Waals surface area (Å²) in [5.41, 5.74) is 2.42. The van der Waals surface area contributed by atoms with E-state index in [-0.39, 0.29) is 0 Å². The van der Waals surface area contributed by atoms with Gasteiger partial charge in [-0.1, -0.05) is 24.3 Å². The minimum atomic E-state index is 0.327. The van der Waals surface area contributed by atoms with Crippen molar-refractivity contribution < 1.29 is 9.47 Å². The third-order valence-corrected chi connectivity index (χ3v) is 4.35. The fourth-order valence-corrected chi connectivity index (χ4v) is 3.21. The molecule has 3 aromatic rings. The Hall–Kier alpha value is -2.07. The molecule has 3 nitrogen and oxygen atoms in total. The second-order valence-electron chi connectivity index (χ2n) is 4.70. The minimum Gasteiger partial charge on any atom is -0.454 e. The van der Waals surface area contributed by atoms with Gasteiger partial charge < -0.3 is 14.5 Å². The number of para-hydroxylation sites is 1. The molecule has 4 heteroatoms. The lowest BCUT2D eigenvalue weighted by atomic mass is 10.2. The third-order valence-electron chi connectivity index (χ3n) is 3.34. The molecule has 20 heavy (non-hydrogen) atoms. The quantitative estimate of drug-likeness (QED) is 0.732. The van der Waals surface area contributed by atoms with Crippen molar-refractivity contribution in [1.29, 1.82) is 0 Å². The smallest absolute Gasteiger partial charge is 0.231 e. The van der Waals surface area contributed by atoms with Gasteiger partial charge in [0.05, 0.1) is 5.03 Å². The first-order chi connectivity index (χ1) is 9.88. The Kier molecular flexibility index (Phi) is 2.81. The standard InChI is InChI=1S/C16H13NO2S/c1-2-4-13-12(3-1)8-16(17-13)20-9-11-5-6-14-15(7-11)19-10-18-14/h1-8,17H,9-10H2. The number of benzene rings is 2. The summed E-state index contributed by atoms with van der Waals surface area (Å²) in [6.07, 6.45) is 0. The number of hydrogen-bond donors (Lipinski definition) is 1. The second kappa shape index (κ2) is 4.80. The van der Waals surface area contributed by atoms with Crippen molar-refractivity contribution in [3.05, 3.63) is 54.1 Å². The Morgan fingerprint density at radius 1 is 1.00 bits per heavy atom. The summed E-state index contributed by atoms with van der Waals surface area (Å²) in [6.45, 7) is 0.327. The van der Waals surface area contributed by atoms with Gasteiger partial charge in [-0.25, -0.2) is 0 Å². The van der Waals surface area contributed by atoms with E-state index < -0.39 is 0 Å². The molecule has 0 bridgehead atoms. The molecular formula is C16H13NO2S. The summed E-state index contributed by atoms with van der Waals surface area (Å²) in [7, 11) is 0. The van der Waals surface area contributed by atoms with Crippen LogP contribution in [0.1, 0.15) is 5.56 Å². The lowest BCUT2D eigenvalue weighted by molar-refractivity contribution is 0.174. The highest BCUT2D eigenvalue weighted by Gasteiger charge is 2.13. The molecule has 0 amide bonds. The van der Waals surface area contributed by atoms with E-state index in [1.807, 2.05) is 12.1 Å². The van der Waals surface area contributed by atoms with Crippen LogP contribution in [-0.4, -0.2) is 11.8 Å². The van der Waals surface area contributed by atoms with Crippen LogP contribution in [-0.2, 0) is 5.75 Å². The first kappa shape index (κ1) is 11.7. The lowest BCUT2D eigenvalue weighted by Crippen LogP contribution is -1.92. The molecule has 0 aliphatic carbocycles. The van der Waals surface area contributed by atoms with Crippen LogP contribution in [0.2, 0.25) is 0 Å². The summed E-state index contributed by atoms with van der Waals surface area (Å²) in [6, 6.07) is 16.6. The molecular weight excluding hydrogens is 270 g/mol. The Morgan fingerprint density at radius 2 is 1.90 bits per heavy atom. The zero-order valence-electron chi connectivity index (χ0n) is 10.8. The second-order valence-corrected chi connectivity index (χ2v) is 5.71. The monoisotopic (exact) mass is 283 g/mol. The van der Waals surface area contributed by atoms with Crippen molar-refractivity contribution >= 4 is 22.7 Å². The molecule has 100 valence electrons. The minimum absolute atomic E-state index is 0.327. The molecule has 0 saturated heterocycles. The number of aromatic amines is 1. The van der Waals surface area contributed by atoms with Crippen LogP contribution >= 0.6 is 11.8 Å². The van der Waals surface area contributed by atoms with Gasteiger partial charge >= 0.3 is 0 Å². The molecule has 1 aliphatic rings. The Balaban J connectivity index is 1.52. The molecule has 0 spiro atoms. The molecule has 2 aromatic carbocycles. The van der Waals surface area contributed by atoms with Crippen molar-refractivity contribution in [2.24, 2.45) is 0 Å². The van der Waals surface area contributed by atoms with E-state index >= 15 is 0 Å². The number of fused-ring (bicyclic) bond motifs is 2. The number of H-pyrrole nitrogens is 1. The van der Waals surface area contributed by atoms with Gasteiger partial charge in [-0.2, -0.15) is 0 Å². The van der Waals surface area contributed by atoms with Crippen LogP contribution in [0, 0.1) is 0 Å². The summed E-state index contributed by atoms with van der Waals surface area (Å²) >= 11 is 1.79. The van der Waals surface area contributed by atoms with E-state index in [0.717, 1.165) is 17.3 Å². The van der Waals surface area contributed by atoms with Gasteiger partial charge in [0.1, 0.15) is 0 Å². The maximum atomic E-state index is 5.40. The lowest BCUT2D eigenvalue weighted by Gasteiger charge is -2.02. The van der Waals surface area contributed by atoms with Crippen molar-refractivity contribution in [2.45, 2.75) is 10.8 Å². The highest BCUT2D eigenvalue weighted by molar-refractivity contribution is 7.98. The summed E-state index contributed by atoms with van der Waals surface area (Å²) < 4.78 is 10.7. The molecule has 1 N–H and O–H groups in total. The maximum absolute atomic E-state index is 5.40. The van der Waals surface area contributed by atoms with Crippen LogP contribution in [0.25, 0.3) is 10.9 Å². The summed E-state index contributed by atoms with van der Waals surface area (Å²) in [5, 5.41) is 2.43. The predicted molar refractivity (Wildman–Crippen MR) is 80.4 cm³/mol. The highest BCUT2D eigenvalue weighted by Crippen LogP contribution is 2.34. The highest BCUT2D eigenvalue weighted by atomic mass is 32.2. The van der Waals surface area contributed by atoms with Gasteiger partial charge in [0.15, 0.2) is 11.5 Å². The van der Waals surface area contributed by atoms with Crippen molar-refractivity contribution in [3.8, 4) is 11.5 Å². The van der Waals surface area contributed by atoms with Crippen LogP contribution in [0.3, 0.4) is 0 Å². The number of ether oxygens (including phenoxy) is 2. The van der Waals surface area contributed by atoms with Gasteiger partial charge in [-0.3, -0.25) is 0 Å². The molecule has 1 aromatic heterocycles. The van der Waals surface area contributed by atoms with Crippen LogP contribution in [0.5, 0.6) is 11.5 Å². The van der Waals surface area contributed by atoms with E-state index in [0.29, 0.717) is 6.79 Å². The topological polar surface area (TPSA) is 34.2 Å². The van der Waals surface area contributed by atoms with E-state index in [1.165, 1.54) is 21.5 Å².